The molecule has 0 saturated heterocycles. The van der Waals surface area contributed by atoms with E-state index in [0.29, 0.717) is 0 Å². The second kappa shape index (κ2) is 7.12. The SMILES string of the molecule is CCC[C@@H]1C(=O)c2ccccc2[C@H](CCC)C(=O)c2ccccc21. The van der Waals surface area contributed by atoms with Crippen LogP contribution >= 0.6 is 0 Å². The predicted molar refractivity (Wildman–Crippen MR) is 96.8 cm³/mol. The standard InChI is InChI=1S/C22H24O2/c1-3-9-17-15-11-5-7-13-19(15)22(24)18(10-4-2)16-12-6-8-14-20(16)21(17)23/h5-8,11-14,17-18H,3-4,9-10H2,1-2H3/t17-,18-/m0/s1. The summed E-state index contributed by atoms with van der Waals surface area (Å²) in [5.41, 5.74) is 3.28. The van der Waals surface area contributed by atoms with Gasteiger partial charge in [0.1, 0.15) is 0 Å². The predicted octanol–water partition coefficient (Wildman–Crippen LogP) is 5.53. The summed E-state index contributed by atoms with van der Waals surface area (Å²) in [4.78, 5) is 26.6. The Morgan fingerprint density at radius 2 is 1.04 bits per heavy atom. The van der Waals surface area contributed by atoms with Crippen LogP contribution in [-0.4, -0.2) is 11.6 Å². The van der Waals surface area contributed by atoms with Crippen LogP contribution < -0.4 is 0 Å². The second-order valence-electron chi connectivity index (χ2n) is 6.59. The fourth-order valence-corrected chi connectivity index (χ4v) is 3.86. The van der Waals surface area contributed by atoms with Gasteiger partial charge in [-0.3, -0.25) is 9.59 Å². The van der Waals surface area contributed by atoms with Gasteiger partial charge in [-0.1, -0.05) is 75.2 Å². The molecule has 3 rings (SSSR count). The molecule has 1 aliphatic rings. The average molecular weight is 320 g/mol. The van der Waals surface area contributed by atoms with E-state index in [1.807, 2.05) is 48.5 Å². The summed E-state index contributed by atoms with van der Waals surface area (Å²) in [6.45, 7) is 4.17. The lowest BCUT2D eigenvalue weighted by atomic mass is 9.74. The normalized spacial score (nSPS) is 20.1. The van der Waals surface area contributed by atoms with Crippen molar-refractivity contribution in [1.82, 2.24) is 0 Å². The van der Waals surface area contributed by atoms with Gasteiger partial charge in [0.25, 0.3) is 0 Å². The lowest BCUT2D eigenvalue weighted by molar-refractivity contribution is 0.0929. The number of carbonyl (C=O) groups excluding carboxylic acids is 2. The first-order valence-electron chi connectivity index (χ1n) is 8.95. The minimum Gasteiger partial charge on any atom is -0.293 e. The number of carbonyl (C=O) groups is 2. The summed E-state index contributed by atoms with van der Waals surface area (Å²) in [6.07, 6.45) is 3.38. The Kier molecular flexibility index (Phi) is 4.94. The van der Waals surface area contributed by atoms with Crippen molar-refractivity contribution in [3.8, 4) is 0 Å². The molecule has 0 aromatic heterocycles. The minimum absolute atomic E-state index is 0.161. The van der Waals surface area contributed by atoms with E-state index in [-0.39, 0.29) is 23.4 Å². The largest absolute Gasteiger partial charge is 0.293 e. The Morgan fingerprint density at radius 1 is 0.667 bits per heavy atom. The maximum atomic E-state index is 13.3. The Balaban J connectivity index is 2.24. The molecular formula is C22H24O2. The summed E-state index contributed by atoms with van der Waals surface area (Å²) in [7, 11) is 0. The fourth-order valence-electron chi connectivity index (χ4n) is 3.86. The molecule has 0 spiro atoms. The van der Waals surface area contributed by atoms with E-state index in [1.165, 1.54) is 0 Å². The summed E-state index contributed by atoms with van der Waals surface area (Å²) in [5, 5.41) is 0. The molecule has 24 heavy (non-hydrogen) atoms. The Bertz CT molecular complexity index is 695. The molecule has 0 fully saturated rings. The molecule has 0 aliphatic heterocycles. The van der Waals surface area contributed by atoms with Crippen molar-refractivity contribution in [1.29, 1.82) is 0 Å². The molecule has 2 heteroatoms. The molecular weight excluding hydrogens is 296 g/mol. The Morgan fingerprint density at radius 3 is 1.42 bits per heavy atom. The van der Waals surface area contributed by atoms with Crippen LogP contribution in [0.15, 0.2) is 48.5 Å². The zero-order chi connectivity index (χ0) is 17.1. The molecule has 2 aromatic rings. The molecule has 0 heterocycles. The maximum Gasteiger partial charge on any atom is 0.170 e. The quantitative estimate of drug-likeness (QED) is 0.742. The van der Waals surface area contributed by atoms with Gasteiger partial charge in [0.15, 0.2) is 11.6 Å². The number of hydrogen-bond acceptors (Lipinski definition) is 2. The van der Waals surface area contributed by atoms with Crippen LogP contribution in [0.3, 0.4) is 0 Å². The highest BCUT2D eigenvalue weighted by Crippen LogP contribution is 2.38. The van der Waals surface area contributed by atoms with Crippen LogP contribution in [0, 0.1) is 0 Å². The molecule has 2 atom stereocenters. The number of benzene rings is 2. The van der Waals surface area contributed by atoms with Crippen LogP contribution in [0.5, 0.6) is 0 Å². The Hall–Kier alpha value is -2.22. The molecule has 0 unspecified atom stereocenters. The van der Waals surface area contributed by atoms with Crippen molar-refractivity contribution in [2.24, 2.45) is 0 Å². The van der Waals surface area contributed by atoms with Crippen LogP contribution in [0.2, 0.25) is 0 Å². The molecule has 0 saturated carbocycles. The van der Waals surface area contributed by atoms with Crippen LogP contribution in [0.1, 0.15) is 83.2 Å². The van der Waals surface area contributed by atoms with E-state index in [1.54, 1.807) is 0 Å². The molecule has 1 aliphatic carbocycles. The molecule has 2 nitrogen and oxygen atoms in total. The first-order valence-corrected chi connectivity index (χ1v) is 8.95. The van der Waals surface area contributed by atoms with Crippen molar-refractivity contribution in [3.05, 3.63) is 70.8 Å². The molecule has 124 valence electrons. The van der Waals surface area contributed by atoms with Gasteiger partial charge in [0.2, 0.25) is 0 Å². The van der Waals surface area contributed by atoms with E-state index in [4.69, 9.17) is 0 Å². The monoisotopic (exact) mass is 320 g/mol. The van der Waals surface area contributed by atoms with Crippen molar-refractivity contribution < 1.29 is 9.59 Å². The molecule has 0 amide bonds. The highest BCUT2D eigenvalue weighted by Gasteiger charge is 2.34. The third kappa shape index (κ3) is 2.82. The zero-order valence-electron chi connectivity index (χ0n) is 14.4. The van der Waals surface area contributed by atoms with Crippen molar-refractivity contribution in [2.45, 2.75) is 51.4 Å². The summed E-state index contributed by atoms with van der Waals surface area (Å²) < 4.78 is 0. The van der Waals surface area contributed by atoms with Gasteiger partial charge in [-0.05, 0) is 24.0 Å². The van der Waals surface area contributed by atoms with E-state index < -0.39 is 0 Å². The van der Waals surface area contributed by atoms with Crippen LogP contribution in [-0.2, 0) is 0 Å². The maximum absolute atomic E-state index is 13.3. The first-order chi connectivity index (χ1) is 11.7. The smallest absolute Gasteiger partial charge is 0.170 e. The van der Waals surface area contributed by atoms with Gasteiger partial charge in [0, 0.05) is 23.0 Å². The zero-order valence-corrected chi connectivity index (χ0v) is 14.4. The fraction of sp³-hybridized carbons (Fsp3) is 0.364. The van der Waals surface area contributed by atoms with Crippen molar-refractivity contribution >= 4 is 11.6 Å². The molecule has 0 bridgehead atoms. The molecule has 0 N–H and O–H groups in total. The van der Waals surface area contributed by atoms with Gasteiger partial charge in [0.05, 0.1) is 0 Å². The van der Waals surface area contributed by atoms with Gasteiger partial charge in [-0.25, -0.2) is 0 Å². The van der Waals surface area contributed by atoms with E-state index in [2.05, 4.69) is 13.8 Å². The molecule has 2 aromatic carbocycles. The number of ketones is 2. The molecule has 0 radical (unpaired) electrons. The van der Waals surface area contributed by atoms with E-state index >= 15 is 0 Å². The summed E-state index contributed by atoms with van der Waals surface area (Å²) in [6, 6.07) is 15.4. The summed E-state index contributed by atoms with van der Waals surface area (Å²) >= 11 is 0. The van der Waals surface area contributed by atoms with E-state index in [9.17, 15) is 9.59 Å². The highest BCUT2D eigenvalue weighted by atomic mass is 16.1. The second-order valence-corrected chi connectivity index (χ2v) is 6.59. The van der Waals surface area contributed by atoms with Crippen molar-refractivity contribution in [2.75, 3.05) is 0 Å². The third-order valence-corrected chi connectivity index (χ3v) is 4.99. The number of hydrogen-bond donors (Lipinski definition) is 0. The van der Waals surface area contributed by atoms with Crippen LogP contribution in [0.25, 0.3) is 0 Å². The lowest BCUT2D eigenvalue weighted by Gasteiger charge is -2.27. The Labute approximate surface area is 143 Å². The van der Waals surface area contributed by atoms with E-state index in [0.717, 1.165) is 47.9 Å². The van der Waals surface area contributed by atoms with Gasteiger partial charge in [-0.2, -0.15) is 0 Å². The number of fused-ring (bicyclic) bond motifs is 2. The summed E-state index contributed by atoms with van der Waals surface area (Å²) in [5.74, 6) is -0.125. The first kappa shape index (κ1) is 16.6. The van der Waals surface area contributed by atoms with Gasteiger partial charge in [-0.15, -0.1) is 0 Å². The lowest BCUT2D eigenvalue weighted by Crippen LogP contribution is -2.25. The highest BCUT2D eigenvalue weighted by molar-refractivity contribution is 6.10. The van der Waals surface area contributed by atoms with Crippen LogP contribution in [0.4, 0.5) is 0 Å². The average Bonchev–Trinajstić information content (AvgIpc) is 2.62. The minimum atomic E-state index is -0.223. The van der Waals surface area contributed by atoms with Gasteiger partial charge < -0.3 is 0 Å². The number of rotatable bonds is 4. The van der Waals surface area contributed by atoms with Gasteiger partial charge >= 0.3 is 0 Å². The third-order valence-electron chi connectivity index (χ3n) is 4.99. The van der Waals surface area contributed by atoms with Crippen molar-refractivity contribution in [3.63, 3.8) is 0 Å². The topological polar surface area (TPSA) is 34.1 Å². The number of Topliss-reactive ketones (excluding diaryl/α,β-unsaturated/α-hetero) is 2.